The van der Waals surface area contributed by atoms with Crippen LogP contribution < -0.4 is 17.2 Å². The van der Waals surface area contributed by atoms with Crippen molar-refractivity contribution in [3.8, 4) is 0 Å². The van der Waals surface area contributed by atoms with Gasteiger partial charge in [0.15, 0.2) is 5.96 Å². The normalized spacial score (nSPS) is 12.8. The monoisotopic (exact) mass is 402 g/mol. The van der Waals surface area contributed by atoms with Crippen LogP contribution in [-0.4, -0.2) is 54.9 Å². The van der Waals surface area contributed by atoms with Crippen LogP contribution in [0.2, 0.25) is 0 Å². The molecule has 0 spiro atoms. The Kier molecular flexibility index (Phi) is 16.1. The molecule has 0 aliphatic heterocycles. The molecule has 0 fully saturated rings. The van der Waals surface area contributed by atoms with E-state index in [2.05, 4.69) is 11.9 Å². The quantitative estimate of drug-likeness (QED) is 0.121. The number of rotatable bonds is 17. The second-order valence-electron chi connectivity index (χ2n) is 6.89. The SMILES string of the molecule is CCCCCCCCCC(=O)OC[C@H](O)COC(=O)[C@@H](N)CCCN=C(N)N. The van der Waals surface area contributed by atoms with Crippen molar-refractivity contribution >= 4 is 17.9 Å². The van der Waals surface area contributed by atoms with Crippen molar-refractivity contribution in [1.29, 1.82) is 0 Å². The molecule has 0 bridgehead atoms. The van der Waals surface area contributed by atoms with Gasteiger partial charge in [-0.1, -0.05) is 45.4 Å². The molecule has 0 saturated carbocycles. The molecule has 9 nitrogen and oxygen atoms in total. The topological polar surface area (TPSA) is 163 Å². The van der Waals surface area contributed by atoms with E-state index in [1.165, 1.54) is 25.7 Å². The first kappa shape index (κ1) is 26.1. The van der Waals surface area contributed by atoms with Crippen LogP contribution in [-0.2, 0) is 19.1 Å². The van der Waals surface area contributed by atoms with Crippen molar-refractivity contribution in [2.45, 2.75) is 83.3 Å². The minimum atomic E-state index is -1.07. The largest absolute Gasteiger partial charge is 0.463 e. The maximum atomic E-state index is 11.7. The summed E-state index contributed by atoms with van der Waals surface area (Å²) in [5.41, 5.74) is 16.1. The number of hydrogen-bond acceptors (Lipinski definition) is 7. The van der Waals surface area contributed by atoms with Crippen LogP contribution in [0.1, 0.15) is 71.1 Å². The van der Waals surface area contributed by atoms with E-state index in [-0.39, 0.29) is 25.1 Å². The first-order valence-electron chi connectivity index (χ1n) is 10.2. The molecule has 0 aliphatic carbocycles. The third-order valence-electron chi connectivity index (χ3n) is 4.11. The van der Waals surface area contributed by atoms with Gasteiger partial charge in [-0.15, -0.1) is 0 Å². The van der Waals surface area contributed by atoms with Gasteiger partial charge in [0.25, 0.3) is 0 Å². The molecule has 7 N–H and O–H groups in total. The number of carbonyl (C=O) groups excluding carboxylic acids is 2. The van der Waals surface area contributed by atoms with Gasteiger partial charge >= 0.3 is 11.9 Å². The van der Waals surface area contributed by atoms with Gasteiger partial charge in [-0.25, -0.2) is 0 Å². The molecule has 0 amide bonds. The number of hydrogen-bond donors (Lipinski definition) is 4. The second kappa shape index (κ2) is 17.2. The van der Waals surface area contributed by atoms with Crippen molar-refractivity contribution in [2.24, 2.45) is 22.2 Å². The van der Waals surface area contributed by atoms with Gasteiger partial charge in [0.2, 0.25) is 0 Å². The Hall–Kier alpha value is -1.87. The first-order valence-corrected chi connectivity index (χ1v) is 10.2. The van der Waals surface area contributed by atoms with Gasteiger partial charge in [-0.3, -0.25) is 14.6 Å². The highest BCUT2D eigenvalue weighted by atomic mass is 16.6. The molecule has 164 valence electrons. The van der Waals surface area contributed by atoms with Gasteiger partial charge < -0.3 is 31.8 Å². The molecule has 9 heteroatoms. The molecule has 0 aromatic carbocycles. The molecule has 0 aromatic rings. The lowest BCUT2D eigenvalue weighted by Crippen LogP contribution is -2.35. The van der Waals surface area contributed by atoms with Crippen LogP contribution in [0.15, 0.2) is 4.99 Å². The van der Waals surface area contributed by atoms with Crippen molar-refractivity contribution < 1.29 is 24.2 Å². The van der Waals surface area contributed by atoms with Gasteiger partial charge in [0.1, 0.15) is 25.4 Å². The predicted octanol–water partition coefficient (Wildman–Crippen LogP) is 0.955. The van der Waals surface area contributed by atoms with Crippen LogP contribution in [0.25, 0.3) is 0 Å². The molecule has 0 radical (unpaired) electrons. The summed E-state index contributed by atoms with van der Waals surface area (Å²) in [7, 11) is 0. The smallest absolute Gasteiger partial charge is 0.323 e. The Balaban J connectivity index is 3.71. The third-order valence-corrected chi connectivity index (χ3v) is 4.11. The molecule has 0 rings (SSSR count). The van der Waals surface area contributed by atoms with Gasteiger partial charge in [0, 0.05) is 13.0 Å². The maximum absolute atomic E-state index is 11.7. The summed E-state index contributed by atoms with van der Waals surface area (Å²) in [5, 5.41) is 9.76. The van der Waals surface area contributed by atoms with Crippen LogP contribution in [0.5, 0.6) is 0 Å². The highest BCUT2D eigenvalue weighted by Gasteiger charge is 2.17. The lowest BCUT2D eigenvalue weighted by Gasteiger charge is -2.14. The molecular formula is C19H38N4O5. The van der Waals surface area contributed by atoms with E-state index in [9.17, 15) is 14.7 Å². The van der Waals surface area contributed by atoms with Gasteiger partial charge in [-0.2, -0.15) is 0 Å². The standard InChI is InChI=1S/C19H38N4O5/c1-2-3-4-5-6-7-8-11-17(25)27-13-15(24)14-28-18(26)16(20)10-9-12-23-19(21)22/h15-16,24H,2-14,20H2,1H3,(H4,21,22,23)/t15-,16-/m0/s1. The number of aliphatic hydroxyl groups excluding tert-OH is 1. The number of aliphatic hydroxyl groups is 1. The van der Waals surface area contributed by atoms with Crippen molar-refractivity contribution in [2.75, 3.05) is 19.8 Å². The number of carbonyl (C=O) groups is 2. The minimum Gasteiger partial charge on any atom is -0.463 e. The van der Waals surface area contributed by atoms with E-state index in [0.29, 0.717) is 25.8 Å². The molecule has 28 heavy (non-hydrogen) atoms. The summed E-state index contributed by atoms with van der Waals surface area (Å²) in [5.74, 6) is -0.991. The number of esters is 2. The fourth-order valence-electron chi connectivity index (χ4n) is 2.46. The molecule has 0 aliphatic rings. The summed E-state index contributed by atoms with van der Waals surface area (Å²) in [4.78, 5) is 27.2. The Labute approximate surface area is 168 Å². The average molecular weight is 403 g/mol. The fraction of sp³-hybridized carbons (Fsp3) is 0.842. The Morgan fingerprint density at radius 2 is 1.57 bits per heavy atom. The number of guanidine groups is 1. The summed E-state index contributed by atoms with van der Waals surface area (Å²) in [6.45, 7) is 2.07. The van der Waals surface area contributed by atoms with Crippen molar-refractivity contribution in [3.63, 3.8) is 0 Å². The maximum Gasteiger partial charge on any atom is 0.323 e. The van der Waals surface area contributed by atoms with Crippen LogP contribution >= 0.6 is 0 Å². The van der Waals surface area contributed by atoms with E-state index in [1.807, 2.05) is 0 Å². The molecule has 0 aromatic heterocycles. The number of nitrogens with two attached hydrogens (primary N) is 3. The molecule has 2 atom stereocenters. The molecular weight excluding hydrogens is 364 g/mol. The Bertz CT molecular complexity index is 456. The highest BCUT2D eigenvalue weighted by Crippen LogP contribution is 2.09. The average Bonchev–Trinajstić information content (AvgIpc) is 2.66. The zero-order chi connectivity index (χ0) is 21.2. The van der Waals surface area contributed by atoms with E-state index < -0.39 is 18.1 Å². The lowest BCUT2D eigenvalue weighted by molar-refractivity contribution is -0.153. The molecule has 0 heterocycles. The molecule has 0 saturated heterocycles. The number of aliphatic imine (C=N–C) groups is 1. The zero-order valence-electron chi connectivity index (χ0n) is 17.1. The van der Waals surface area contributed by atoms with Crippen molar-refractivity contribution in [1.82, 2.24) is 0 Å². The van der Waals surface area contributed by atoms with E-state index in [0.717, 1.165) is 19.3 Å². The van der Waals surface area contributed by atoms with Crippen molar-refractivity contribution in [3.05, 3.63) is 0 Å². The predicted molar refractivity (Wildman–Crippen MR) is 108 cm³/mol. The molecule has 0 unspecified atom stereocenters. The first-order chi connectivity index (χ1) is 13.4. The summed E-state index contributed by atoms with van der Waals surface area (Å²) in [6, 6.07) is -0.818. The summed E-state index contributed by atoms with van der Waals surface area (Å²) >= 11 is 0. The lowest BCUT2D eigenvalue weighted by atomic mass is 10.1. The van der Waals surface area contributed by atoms with Gasteiger partial charge in [0.05, 0.1) is 0 Å². The van der Waals surface area contributed by atoms with Crippen LogP contribution in [0.4, 0.5) is 0 Å². The third kappa shape index (κ3) is 16.3. The second-order valence-corrected chi connectivity index (χ2v) is 6.89. The Morgan fingerprint density at radius 1 is 0.964 bits per heavy atom. The zero-order valence-corrected chi connectivity index (χ0v) is 17.1. The summed E-state index contributed by atoms with van der Waals surface area (Å²) < 4.78 is 9.92. The van der Waals surface area contributed by atoms with Crippen LogP contribution in [0.3, 0.4) is 0 Å². The van der Waals surface area contributed by atoms with E-state index in [1.54, 1.807) is 0 Å². The fourth-order valence-corrected chi connectivity index (χ4v) is 2.46. The summed E-state index contributed by atoms with van der Waals surface area (Å²) in [6.07, 6.45) is 7.98. The number of ether oxygens (including phenoxy) is 2. The van der Waals surface area contributed by atoms with E-state index in [4.69, 9.17) is 26.7 Å². The Morgan fingerprint density at radius 3 is 2.21 bits per heavy atom. The highest BCUT2D eigenvalue weighted by molar-refractivity contribution is 5.76. The number of unbranched alkanes of at least 4 members (excludes halogenated alkanes) is 6. The van der Waals surface area contributed by atoms with Crippen LogP contribution in [0, 0.1) is 0 Å². The van der Waals surface area contributed by atoms with E-state index >= 15 is 0 Å². The number of nitrogens with zero attached hydrogens (tertiary/aromatic N) is 1. The minimum absolute atomic E-state index is 0.0132. The van der Waals surface area contributed by atoms with Gasteiger partial charge in [-0.05, 0) is 19.3 Å².